The summed E-state index contributed by atoms with van der Waals surface area (Å²) in [5, 5.41) is 0.477. The van der Waals surface area contributed by atoms with Crippen LogP contribution >= 0.6 is 11.6 Å². The van der Waals surface area contributed by atoms with Gasteiger partial charge in [0.25, 0.3) is 0 Å². The first kappa shape index (κ1) is 20.1. The SMILES string of the molecule is Cc1ccc(N2CCCCS2(=O)=O)cc1S(=O)(=O)NCc1ccccc1Cl. The minimum Gasteiger partial charge on any atom is -0.270 e. The van der Waals surface area contributed by atoms with Crippen molar-refractivity contribution in [2.75, 3.05) is 16.6 Å². The van der Waals surface area contributed by atoms with Crippen molar-refractivity contribution in [1.29, 1.82) is 0 Å². The van der Waals surface area contributed by atoms with Gasteiger partial charge < -0.3 is 0 Å². The molecule has 27 heavy (non-hydrogen) atoms. The summed E-state index contributed by atoms with van der Waals surface area (Å²) < 4.78 is 54.1. The maximum atomic E-state index is 12.8. The molecule has 1 fully saturated rings. The summed E-state index contributed by atoms with van der Waals surface area (Å²) in [5.41, 5.74) is 1.58. The van der Waals surface area contributed by atoms with Crippen molar-refractivity contribution in [2.45, 2.75) is 31.2 Å². The highest BCUT2D eigenvalue weighted by Gasteiger charge is 2.27. The molecule has 146 valence electrons. The molecule has 2 aromatic carbocycles. The van der Waals surface area contributed by atoms with Crippen molar-refractivity contribution < 1.29 is 16.8 Å². The van der Waals surface area contributed by atoms with Gasteiger partial charge in [-0.05, 0) is 49.1 Å². The quantitative estimate of drug-likeness (QED) is 0.793. The van der Waals surface area contributed by atoms with E-state index in [-0.39, 0.29) is 17.2 Å². The summed E-state index contributed by atoms with van der Waals surface area (Å²) >= 11 is 6.08. The summed E-state index contributed by atoms with van der Waals surface area (Å²) in [4.78, 5) is 0.0628. The normalized spacial score (nSPS) is 17.0. The van der Waals surface area contributed by atoms with E-state index in [1.807, 2.05) is 0 Å². The lowest BCUT2D eigenvalue weighted by atomic mass is 10.2. The standard InChI is InChI=1S/C18H21ClN2O4S2/c1-14-8-9-16(21-10-4-5-11-26(21,22)23)12-18(14)27(24,25)20-13-15-6-2-3-7-17(15)19/h2-3,6-9,12,20H,4-5,10-11,13H2,1H3. The van der Waals surface area contributed by atoms with E-state index in [1.165, 1.54) is 10.4 Å². The van der Waals surface area contributed by atoms with Crippen LogP contribution < -0.4 is 9.03 Å². The Morgan fingerprint density at radius 2 is 1.89 bits per heavy atom. The van der Waals surface area contributed by atoms with E-state index in [0.29, 0.717) is 34.8 Å². The monoisotopic (exact) mass is 428 g/mol. The van der Waals surface area contributed by atoms with Crippen LogP contribution in [0.4, 0.5) is 5.69 Å². The van der Waals surface area contributed by atoms with Crippen LogP contribution in [0.25, 0.3) is 0 Å². The molecule has 0 aliphatic carbocycles. The van der Waals surface area contributed by atoms with Gasteiger partial charge in [-0.1, -0.05) is 35.9 Å². The number of halogens is 1. The molecule has 1 aliphatic heterocycles. The molecule has 1 aliphatic rings. The molecule has 1 saturated heterocycles. The zero-order valence-corrected chi connectivity index (χ0v) is 17.2. The maximum absolute atomic E-state index is 12.8. The molecular formula is C18H21ClN2O4S2. The van der Waals surface area contributed by atoms with Crippen LogP contribution in [0.1, 0.15) is 24.0 Å². The second-order valence-corrected chi connectivity index (χ2v) is 10.6. The second kappa shape index (κ2) is 7.79. The van der Waals surface area contributed by atoms with Gasteiger partial charge in [-0.3, -0.25) is 4.31 Å². The zero-order chi connectivity index (χ0) is 19.7. The summed E-state index contributed by atoms with van der Waals surface area (Å²) in [7, 11) is -7.25. The average molecular weight is 429 g/mol. The van der Waals surface area contributed by atoms with Crippen LogP contribution in [0.3, 0.4) is 0 Å². The highest BCUT2D eigenvalue weighted by Crippen LogP contribution is 2.28. The molecule has 1 N–H and O–H groups in total. The predicted octanol–water partition coefficient (Wildman–Crippen LogP) is 3.06. The number of rotatable bonds is 5. The highest BCUT2D eigenvalue weighted by atomic mass is 35.5. The number of benzene rings is 2. The third kappa shape index (κ3) is 4.45. The van der Waals surface area contributed by atoms with Gasteiger partial charge in [-0.2, -0.15) is 0 Å². The van der Waals surface area contributed by atoms with Crippen LogP contribution in [-0.4, -0.2) is 29.1 Å². The highest BCUT2D eigenvalue weighted by molar-refractivity contribution is 7.92. The van der Waals surface area contributed by atoms with Gasteiger partial charge in [0, 0.05) is 18.1 Å². The van der Waals surface area contributed by atoms with Gasteiger partial charge in [0.15, 0.2) is 0 Å². The van der Waals surface area contributed by atoms with Crippen LogP contribution in [0.5, 0.6) is 0 Å². The Hall–Kier alpha value is -1.61. The van der Waals surface area contributed by atoms with Crippen LogP contribution in [-0.2, 0) is 26.6 Å². The van der Waals surface area contributed by atoms with E-state index >= 15 is 0 Å². The van der Waals surface area contributed by atoms with Gasteiger partial charge in [0.2, 0.25) is 20.0 Å². The van der Waals surface area contributed by atoms with Crippen molar-refractivity contribution in [3.05, 3.63) is 58.6 Å². The van der Waals surface area contributed by atoms with Crippen molar-refractivity contribution in [3.63, 3.8) is 0 Å². The molecule has 9 heteroatoms. The molecule has 0 saturated carbocycles. The molecule has 1 heterocycles. The smallest absolute Gasteiger partial charge is 0.241 e. The molecule has 0 spiro atoms. The maximum Gasteiger partial charge on any atom is 0.241 e. The summed E-state index contributed by atoms with van der Waals surface area (Å²) in [6.07, 6.45) is 1.37. The van der Waals surface area contributed by atoms with Crippen LogP contribution in [0.2, 0.25) is 5.02 Å². The first-order valence-electron chi connectivity index (χ1n) is 8.55. The zero-order valence-electron chi connectivity index (χ0n) is 14.9. The summed E-state index contributed by atoms with van der Waals surface area (Å²) in [6.45, 7) is 2.09. The lowest BCUT2D eigenvalue weighted by Crippen LogP contribution is -2.38. The number of hydrogen-bond donors (Lipinski definition) is 1. The Balaban J connectivity index is 1.90. The fraction of sp³-hybridized carbons (Fsp3) is 0.333. The van der Waals surface area contributed by atoms with Crippen molar-refractivity contribution in [1.82, 2.24) is 4.72 Å². The Labute approximate surface area is 165 Å². The number of anilines is 1. The summed E-state index contributed by atoms with van der Waals surface area (Å²) in [5.74, 6) is 0.0771. The van der Waals surface area contributed by atoms with Crippen LogP contribution in [0, 0.1) is 6.92 Å². The molecule has 6 nitrogen and oxygen atoms in total. The lowest BCUT2D eigenvalue weighted by Gasteiger charge is -2.28. The predicted molar refractivity (Wildman–Crippen MR) is 107 cm³/mol. The molecule has 2 aromatic rings. The molecule has 0 aromatic heterocycles. The van der Waals surface area contributed by atoms with Gasteiger partial charge >= 0.3 is 0 Å². The van der Waals surface area contributed by atoms with E-state index in [9.17, 15) is 16.8 Å². The largest absolute Gasteiger partial charge is 0.270 e. The van der Waals surface area contributed by atoms with Gasteiger partial charge in [-0.25, -0.2) is 21.6 Å². The molecule has 3 rings (SSSR count). The number of hydrogen-bond acceptors (Lipinski definition) is 4. The van der Waals surface area contributed by atoms with E-state index in [1.54, 1.807) is 43.3 Å². The minimum absolute atomic E-state index is 0.0493. The minimum atomic E-state index is -3.83. The summed E-state index contributed by atoms with van der Waals surface area (Å²) in [6, 6.07) is 11.7. The van der Waals surface area contributed by atoms with Gasteiger partial charge in [-0.15, -0.1) is 0 Å². The fourth-order valence-electron chi connectivity index (χ4n) is 3.00. The third-order valence-corrected chi connectivity index (χ3v) is 8.29. The van der Waals surface area contributed by atoms with Gasteiger partial charge in [0.05, 0.1) is 16.3 Å². The number of aryl methyl sites for hydroxylation is 1. The number of nitrogens with zero attached hydrogens (tertiary/aromatic N) is 1. The fourth-order valence-corrected chi connectivity index (χ4v) is 6.11. The topological polar surface area (TPSA) is 83.6 Å². The Morgan fingerprint density at radius 1 is 1.15 bits per heavy atom. The first-order valence-corrected chi connectivity index (χ1v) is 12.0. The Morgan fingerprint density at radius 3 is 2.59 bits per heavy atom. The Bertz CT molecular complexity index is 1050. The second-order valence-electron chi connectivity index (χ2n) is 6.46. The lowest BCUT2D eigenvalue weighted by molar-refractivity contribution is 0.573. The van der Waals surface area contributed by atoms with Gasteiger partial charge in [0.1, 0.15) is 0 Å². The number of nitrogens with one attached hydrogen (secondary N) is 1. The van der Waals surface area contributed by atoms with Crippen molar-refractivity contribution in [3.8, 4) is 0 Å². The van der Waals surface area contributed by atoms with E-state index in [0.717, 1.165) is 6.42 Å². The van der Waals surface area contributed by atoms with Crippen molar-refractivity contribution in [2.24, 2.45) is 0 Å². The van der Waals surface area contributed by atoms with Crippen LogP contribution in [0.15, 0.2) is 47.4 Å². The molecule has 0 unspecified atom stereocenters. The Kier molecular flexibility index (Phi) is 5.81. The van der Waals surface area contributed by atoms with E-state index < -0.39 is 20.0 Å². The molecule has 0 amide bonds. The van der Waals surface area contributed by atoms with E-state index in [2.05, 4.69) is 4.72 Å². The molecule has 0 atom stereocenters. The molecule has 0 radical (unpaired) electrons. The first-order chi connectivity index (χ1) is 12.7. The molecular weight excluding hydrogens is 408 g/mol. The van der Waals surface area contributed by atoms with Crippen molar-refractivity contribution >= 4 is 37.3 Å². The molecule has 0 bridgehead atoms. The van der Waals surface area contributed by atoms with E-state index in [4.69, 9.17) is 11.6 Å². The average Bonchev–Trinajstić information content (AvgIpc) is 2.61. The number of sulfonamides is 2. The third-order valence-electron chi connectivity index (χ3n) is 4.51.